The summed E-state index contributed by atoms with van der Waals surface area (Å²) >= 11 is 0. The molecule has 150 valence electrons. The molecule has 1 aromatic heterocycles. The fourth-order valence-electron chi connectivity index (χ4n) is 2.82. The van der Waals surface area contributed by atoms with Crippen LogP contribution in [-0.2, 0) is 22.6 Å². The van der Waals surface area contributed by atoms with E-state index in [4.69, 9.17) is 4.74 Å². The molecule has 1 atom stereocenters. The number of tetrazole rings is 1. The molecular formula is C20H21N5O4. The molecule has 3 rings (SSSR count). The molecule has 0 bridgehead atoms. The predicted molar refractivity (Wildman–Crippen MR) is 104 cm³/mol. The zero-order chi connectivity index (χ0) is 20.6. The summed E-state index contributed by atoms with van der Waals surface area (Å²) in [4.78, 5) is 25.0. The van der Waals surface area contributed by atoms with Gasteiger partial charge in [0.2, 0.25) is 11.7 Å². The van der Waals surface area contributed by atoms with Crippen LogP contribution < -0.4 is 10.1 Å². The van der Waals surface area contributed by atoms with Crippen molar-refractivity contribution in [3.8, 4) is 17.1 Å². The smallest absolute Gasteiger partial charge is 0.308 e. The number of carbonyl (C=O) groups is 2. The number of aliphatic carboxylic acids is 1. The Morgan fingerprint density at radius 3 is 2.59 bits per heavy atom. The van der Waals surface area contributed by atoms with Gasteiger partial charge in [0.15, 0.2) is 0 Å². The van der Waals surface area contributed by atoms with Crippen molar-refractivity contribution in [2.75, 3.05) is 13.7 Å². The number of para-hydroxylation sites is 1. The number of aromatic nitrogens is 4. The minimum Gasteiger partial charge on any atom is -0.496 e. The fourth-order valence-corrected chi connectivity index (χ4v) is 2.82. The predicted octanol–water partition coefficient (Wildman–Crippen LogP) is 1.41. The first kappa shape index (κ1) is 20.0. The van der Waals surface area contributed by atoms with E-state index in [0.29, 0.717) is 11.6 Å². The van der Waals surface area contributed by atoms with Crippen LogP contribution in [0.2, 0.25) is 0 Å². The van der Waals surface area contributed by atoms with Crippen LogP contribution >= 0.6 is 0 Å². The number of nitrogens with one attached hydrogen (secondary N) is 1. The van der Waals surface area contributed by atoms with Gasteiger partial charge in [-0.3, -0.25) is 9.59 Å². The number of carboxylic acids is 1. The van der Waals surface area contributed by atoms with Crippen molar-refractivity contribution < 1.29 is 19.4 Å². The van der Waals surface area contributed by atoms with Crippen LogP contribution in [0.4, 0.5) is 0 Å². The molecule has 0 saturated heterocycles. The maximum Gasteiger partial charge on any atom is 0.308 e. The number of hydrogen-bond acceptors (Lipinski definition) is 6. The second-order valence-electron chi connectivity index (χ2n) is 6.36. The van der Waals surface area contributed by atoms with E-state index in [0.717, 1.165) is 11.1 Å². The van der Waals surface area contributed by atoms with Crippen LogP contribution in [0.3, 0.4) is 0 Å². The van der Waals surface area contributed by atoms with Crippen molar-refractivity contribution in [3.63, 3.8) is 0 Å². The highest BCUT2D eigenvalue weighted by Gasteiger charge is 2.21. The molecule has 0 aliphatic carbocycles. The Morgan fingerprint density at radius 1 is 1.14 bits per heavy atom. The molecule has 0 fully saturated rings. The van der Waals surface area contributed by atoms with Crippen LogP contribution in [0, 0.1) is 5.92 Å². The third-order valence-corrected chi connectivity index (χ3v) is 4.32. The summed E-state index contributed by atoms with van der Waals surface area (Å²) in [5.41, 5.74) is 1.56. The lowest BCUT2D eigenvalue weighted by Crippen LogP contribution is -2.36. The van der Waals surface area contributed by atoms with Crippen molar-refractivity contribution in [1.82, 2.24) is 25.5 Å². The number of hydrogen-bond donors (Lipinski definition) is 2. The lowest BCUT2D eigenvalue weighted by molar-refractivity contribution is -0.141. The van der Waals surface area contributed by atoms with E-state index in [9.17, 15) is 14.7 Å². The van der Waals surface area contributed by atoms with E-state index in [2.05, 4.69) is 20.7 Å². The molecule has 3 aromatic rings. The molecule has 1 unspecified atom stereocenters. The molecule has 0 aliphatic heterocycles. The van der Waals surface area contributed by atoms with Gasteiger partial charge in [-0.25, -0.2) is 0 Å². The molecule has 1 heterocycles. The van der Waals surface area contributed by atoms with Gasteiger partial charge in [-0.2, -0.15) is 4.80 Å². The molecule has 1 amide bonds. The van der Waals surface area contributed by atoms with Crippen LogP contribution in [-0.4, -0.2) is 50.8 Å². The summed E-state index contributed by atoms with van der Waals surface area (Å²) in [6, 6.07) is 16.5. The van der Waals surface area contributed by atoms with E-state index in [1.807, 2.05) is 42.5 Å². The zero-order valence-electron chi connectivity index (χ0n) is 15.9. The standard InChI is InChI=1S/C20H21N5O4/c1-29-17-10-6-5-9-15(17)11-16(20(27)28)12-21-18(26)13-25-23-19(22-24-25)14-7-3-2-4-8-14/h2-10,16H,11-13H2,1H3,(H,21,26)(H,27,28). The first-order valence-electron chi connectivity index (χ1n) is 9.01. The van der Waals surface area contributed by atoms with Crippen LogP contribution in [0.5, 0.6) is 5.75 Å². The van der Waals surface area contributed by atoms with Gasteiger partial charge in [-0.05, 0) is 23.3 Å². The molecule has 9 nitrogen and oxygen atoms in total. The Balaban J connectivity index is 1.57. The van der Waals surface area contributed by atoms with Crippen molar-refractivity contribution in [2.24, 2.45) is 5.92 Å². The topological polar surface area (TPSA) is 119 Å². The lowest BCUT2D eigenvalue weighted by atomic mass is 9.98. The molecule has 0 radical (unpaired) electrons. The summed E-state index contributed by atoms with van der Waals surface area (Å²) in [6.45, 7) is -0.173. The maximum atomic E-state index is 12.2. The first-order chi connectivity index (χ1) is 14.1. The molecular weight excluding hydrogens is 374 g/mol. The van der Waals surface area contributed by atoms with Crippen molar-refractivity contribution in [2.45, 2.75) is 13.0 Å². The van der Waals surface area contributed by atoms with Crippen LogP contribution in [0.15, 0.2) is 54.6 Å². The van der Waals surface area contributed by atoms with Crippen molar-refractivity contribution in [1.29, 1.82) is 0 Å². The molecule has 29 heavy (non-hydrogen) atoms. The van der Waals surface area contributed by atoms with Gasteiger partial charge in [-0.1, -0.05) is 48.5 Å². The molecule has 0 saturated carbocycles. The monoisotopic (exact) mass is 395 g/mol. The van der Waals surface area contributed by atoms with Gasteiger partial charge in [0.05, 0.1) is 13.0 Å². The van der Waals surface area contributed by atoms with Crippen molar-refractivity contribution >= 4 is 11.9 Å². The highest BCUT2D eigenvalue weighted by atomic mass is 16.5. The number of ether oxygens (including phenoxy) is 1. The largest absolute Gasteiger partial charge is 0.496 e. The number of carboxylic acid groups (broad SMARTS) is 1. The SMILES string of the molecule is COc1ccccc1CC(CNC(=O)Cn1nnc(-c2ccccc2)n1)C(=O)O. The Hall–Kier alpha value is -3.75. The quantitative estimate of drug-likeness (QED) is 0.562. The third-order valence-electron chi connectivity index (χ3n) is 4.32. The summed E-state index contributed by atoms with van der Waals surface area (Å²) in [6.07, 6.45) is 0.235. The minimum absolute atomic E-state index is 0.0214. The number of benzene rings is 2. The molecule has 9 heteroatoms. The zero-order valence-corrected chi connectivity index (χ0v) is 15.9. The Labute approximate surface area is 167 Å². The summed E-state index contributed by atoms with van der Waals surface area (Å²) in [7, 11) is 1.53. The van der Waals surface area contributed by atoms with Gasteiger partial charge in [-0.15, -0.1) is 10.2 Å². The highest BCUT2D eigenvalue weighted by molar-refractivity contribution is 5.77. The molecule has 0 aliphatic rings. The van der Waals surface area contributed by atoms with E-state index in [1.54, 1.807) is 12.1 Å². The van der Waals surface area contributed by atoms with E-state index in [1.165, 1.54) is 11.9 Å². The van der Waals surface area contributed by atoms with Gasteiger partial charge in [0, 0.05) is 12.1 Å². The summed E-state index contributed by atoms with van der Waals surface area (Å²) < 4.78 is 5.26. The van der Waals surface area contributed by atoms with E-state index in [-0.39, 0.29) is 19.5 Å². The third kappa shape index (κ3) is 5.38. The van der Waals surface area contributed by atoms with E-state index < -0.39 is 17.8 Å². The lowest BCUT2D eigenvalue weighted by Gasteiger charge is -2.15. The Morgan fingerprint density at radius 2 is 1.86 bits per heavy atom. The fraction of sp³-hybridized carbons (Fsp3) is 0.250. The maximum absolute atomic E-state index is 12.2. The van der Waals surface area contributed by atoms with Gasteiger partial charge in [0.25, 0.3) is 0 Å². The Bertz CT molecular complexity index is 974. The highest BCUT2D eigenvalue weighted by Crippen LogP contribution is 2.21. The molecule has 0 spiro atoms. The normalized spacial score (nSPS) is 11.6. The number of carbonyl (C=O) groups excluding carboxylic acids is 1. The van der Waals surface area contributed by atoms with Crippen LogP contribution in [0.1, 0.15) is 5.56 Å². The second-order valence-corrected chi connectivity index (χ2v) is 6.36. The number of rotatable bonds is 9. The van der Waals surface area contributed by atoms with Gasteiger partial charge < -0.3 is 15.2 Å². The Kier molecular flexibility index (Phi) is 6.51. The second kappa shape index (κ2) is 9.45. The average Bonchev–Trinajstić information content (AvgIpc) is 3.20. The molecule has 2 N–H and O–H groups in total. The van der Waals surface area contributed by atoms with Gasteiger partial charge >= 0.3 is 5.97 Å². The van der Waals surface area contributed by atoms with E-state index >= 15 is 0 Å². The first-order valence-corrected chi connectivity index (χ1v) is 9.01. The molecule has 2 aromatic carbocycles. The van der Waals surface area contributed by atoms with Gasteiger partial charge in [0.1, 0.15) is 12.3 Å². The summed E-state index contributed by atoms with van der Waals surface area (Å²) in [5, 5.41) is 24.1. The van der Waals surface area contributed by atoms with Crippen LogP contribution in [0.25, 0.3) is 11.4 Å². The number of nitrogens with zero attached hydrogens (tertiary/aromatic N) is 4. The number of methoxy groups -OCH3 is 1. The van der Waals surface area contributed by atoms with Crippen molar-refractivity contribution in [3.05, 3.63) is 60.2 Å². The average molecular weight is 395 g/mol. The number of amides is 1. The minimum atomic E-state index is -0.999. The summed E-state index contributed by atoms with van der Waals surface area (Å²) in [5.74, 6) is -1.16.